The minimum absolute atomic E-state index is 0.362. The van der Waals surface area contributed by atoms with E-state index < -0.39 is 29.8 Å². The Labute approximate surface area is 185 Å². The molecule has 0 aliphatic rings. The van der Waals surface area contributed by atoms with Gasteiger partial charge in [-0.1, -0.05) is 35.9 Å². The molecule has 5 nitrogen and oxygen atoms in total. The number of nitrogens with zero attached hydrogens (tertiary/aromatic N) is 2. The van der Waals surface area contributed by atoms with Crippen LogP contribution < -0.4 is 10.9 Å². The average Bonchev–Trinajstić information content (AvgIpc) is 3.14. The number of carbonyl (C=O) groups excluding carboxylic acids is 1. The number of hydrogen-bond donors (Lipinski definition) is 1. The predicted octanol–water partition coefficient (Wildman–Crippen LogP) is 5.40. The number of aromatic nitrogens is 2. The minimum atomic E-state index is -4.61. The Morgan fingerprint density at radius 1 is 1.12 bits per heavy atom. The van der Waals surface area contributed by atoms with E-state index in [0.717, 1.165) is 32.9 Å². The van der Waals surface area contributed by atoms with Crippen molar-refractivity contribution in [3.63, 3.8) is 0 Å². The lowest BCUT2D eigenvalue weighted by Gasteiger charge is -2.14. The first-order valence-corrected chi connectivity index (χ1v) is 10.5. The highest BCUT2D eigenvalue weighted by atomic mass is 32.1. The zero-order chi connectivity index (χ0) is 23.0. The number of nitrogens with one attached hydrogen (secondary N) is 1. The number of aryl methyl sites for hydroxylation is 2. The molecule has 2 aromatic carbocycles. The number of fused-ring (bicyclic) bond motifs is 1. The summed E-state index contributed by atoms with van der Waals surface area (Å²) in [4.78, 5) is 30.4. The quantitative estimate of drug-likeness (QED) is 0.446. The van der Waals surface area contributed by atoms with Crippen LogP contribution >= 0.6 is 11.3 Å². The molecule has 32 heavy (non-hydrogen) atoms. The van der Waals surface area contributed by atoms with Crippen LogP contribution in [0.2, 0.25) is 0 Å². The summed E-state index contributed by atoms with van der Waals surface area (Å²) in [6, 6.07) is 10.6. The molecule has 0 aliphatic carbocycles. The molecule has 0 spiro atoms. The van der Waals surface area contributed by atoms with Gasteiger partial charge >= 0.3 is 6.18 Å². The van der Waals surface area contributed by atoms with Crippen LogP contribution in [0.15, 0.2) is 59.0 Å². The maximum Gasteiger partial charge on any atom is 0.418 e. The first-order valence-electron chi connectivity index (χ1n) is 9.65. The molecular formula is C23H18F3N3O2S. The summed E-state index contributed by atoms with van der Waals surface area (Å²) in [5, 5.41) is 4.48. The lowest BCUT2D eigenvalue weighted by molar-refractivity contribution is -0.137. The van der Waals surface area contributed by atoms with Crippen molar-refractivity contribution in [3.05, 3.63) is 81.2 Å². The fourth-order valence-corrected chi connectivity index (χ4v) is 4.48. The Balaban J connectivity index is 1.67. The van der Waals surface area contributed by atoms with E-state index in [-0.39, 0.29) is 5.69 Å². The highest BCUT2D eigenvalue weighted by molar-refractivity contribution is 7.17. The van der Waals surface area contributed by atoms with Gasteiger partial charge in [0.1, 0.15) is 11.4 Å². The highest BCUT2D eigenvalue weighted by Crippen LogP contribution is 2.35. The third-order valence-electron chi connectivity index (χ3n) is 5.05. The second kappa shape index (κ2) is 8.23. The van der Waals surface area contributed by atoms with Crippen LogP contribution in [0.3, 0.4) is 0 Å². The van der Waals surface area contributed by atoms with Gasteiger partial charge in [0.05, 0.1) is 23.0 Å². The summed E-state index contributed by atoms with van der Waals surface area (Å²) >= 11 is 1.32. The highest BCUT2D eigenvalue weighted by Gasteiger charge is 2.33. The number of hydrogen-bond acceptors (Lipinski definition) is 4. The Hall–Kier alpha value is -3.46. The fourth-order valence-electron chi connectivity index (χ4n) is 3.58. The lowest BCUT2D eigenvalue weighted by Crippen LogP contribution is -2.28. The van der Waals surface area contributed by atoms with Gasteiger partial charge in [-0.15, -0.1) is 11.3 Å². The number of anilines is 1. The molecule has 1 N–H and O–H groups in total. The maximum atomic E-state index is 13.2. The molecule has 1 amide bonds. The zero-order valence-corrected chi connectivity index (χ0v) is 18.0. The number of para-hydroxylation sites is 1. The van der Waals surface area contributed by atoms with Gasteiger partial charge in [0, 0.05) is 10.9 Å². The van der Waals surface area contributed by atoms with Crippen molar-refractivity contribution < 1.29 is 18.0 Å². The fraction of sp³-hybridized carbons (Fsp3) is 0.174. The van der Waals surface area contributed by atoms with E-state index in [9.17, 15) is 22.8 Å². The van der Waals surface area contributed by atoms with Crippen LogP contribution in [0.25, 0.3) is 21.3 Å². The van der Waals surface area contributed by atoms with Gasteiger partial charge < -0.3 is 5.32 Å². The topological polar surface area (TPSA) is 64.0 Å². The molecule has 0 bridgehead atoms. The van der Waals surface area contributed by atoms with Crippen LogP contribution in [0.5, 0.6) is 0 Å². The first kappa shape index (κ1) is 21.8. The van der Waals surface area contributed by atoms with Gasteiger partial charge in [0.2, 0.25) is 5.91 Å². The minimum Gasteiger partial charge on any atom is -0.324 e. The van der Waals surface area contributed by atoms with E-state index in [2.05, 4.69) is 10.3 Å². The van der Waals surface area contributed by atoms with E-state index >= 15 is 0 Å². The zero-order valence-electron chi connectivity index (χ0n) is 17.2. The van der Waals surface area contributed by atoms with Crippen LogP contribution in [-0.2, 0) is 17.5 Å². The van der Waals surface area contributed by atoms with Gasteiger partial charge in [-0.05, 0) is 37.1 Å². The van der Waals surface area contributed by atoms with E-state index in [1.807, 2.05) is 37.4 Å². The lowest BCUT2D eigenvalue weighted by atomic mass is 9.99. The molecule has 0 saturated heterocycles. The van der Waals surface area contributed by atoms with E-state index in [0.29, 0.717) is 10.2 Å². The molecule has 0 fully saturated rings. The largest absolute Gasteiger partial charge is 0.418 e. The van der Waals surface area contributed by atoms with E-state index in [1.54, 1.807) is 0 Å². The van der Waals surface area contributed by atoms with Crippen LogP contribution in [0.4, 0.5) is 18.9 Å². The van der Waals surface area contributed by atoms with Crippen molar-refractivity contribution in [3.8, 4) is 11.1 Å². The monoisotopic (exact) mass is 457 g/mol. The molecular weight excluding hydrogens is 439 g/mol. The Kier molecular flexibility index (Phi) is 5.60. The summed E-state index contributed by atoms with van der Waals surface area (Å²) in [6.45, 7) is 3.47. The van der Waals surface area contributed by atoms with Crippen molar-refractivity contribution in [2.24, 2.45) is 0 Å². The van der Waals surface area contributed by atoms with Crippen molar-refractivity contribution in [1.82, 2.24) is 9.55 Å². The molecule has 0 aliphatic heterocycles. The van der Waals surface area contributed by atoms with Crippen molar-refractivity contribution >= 4 is 33.1 Å². The predicted molar refractivity (Wildman–Crippen MR) is 119 cm³/mol. The van der Waals surface area contributed by atoms with Crippen molar-refractivity contribution in [1.29, 1.82) is 0 Å². The standard InChI is InChI=1S/C23H18F3N3O2S/c1-13-7-8-15(14(2)9-13)16-11-32-21-20(16)22(31)29(12-27-21)10-19(30)28-18-6-4-3-5-17(18)23(24,25)26/h3-9,11-12H,10H2,1-2H3,(H,28,30). The third-order valence-corrected chi connectivity index (χ3v) is 5.94. The number of carbonyl (C=O) groups is 1. The van der Waals surface area contributed by atoms with Gasteiger partial charge in [0.15, 0.2) is 0 Å². The van der Waals surface area contributed by atoms with Gasteiger partial charge in [0.25, 0.3) is 5.56 Å². The Morgan fingerprint density at radius 3 is 2.59 bits per heavy atom. The Morgan fingerprint density at radius 2 is 1.88 bits per heavy atom. The summed E-state index contributed by atoms with van der Waals surface area (Å²) < 4.78 is 40.6. The van der Waals surface area contributed by atoms with Crippen LogP contribution in [0, 0.1) is 13.8 Å². The van der Waals surface area contributed by atoms with Gasteiger partial charge in [-0.3, -0.25) is 14.2 Å². The van der Waals surface area contributed by atoms with Crippen LogP contribution in [-0.4, -0.2) is 15.5 Å². The van der Waals surface area contributed by atoms with Crippen LogP contribution in [0.1, 0.15) is 16.7 Å². The maximum absolute atomic E-state index is 13.2. The van der Waals surface area contributed by atoms with Gasteiger partial charge in [-0.2, -0.15) is 13.2 Å². The third kappa shape index (κ3) is 4.16. The smallest absolute Gasteiger partial charge is 0.324 e. The summed E-state index contributed by atoms with van der Waals surface area (Å²) in [5.41, 5.74) is 1.96. The molecule has 0 radical (unpaired) electrons. The average molecular weight is 457 g/mol. The summed E-state index contributed by atoms with van der Waals surface area (Å²) in [5.74, 6) is -0.756. The summed E-state index contributed by atoms with van der Waals surface area (Å²) in [7, 11) is 0. The van der Waals surface area contributed by atoms with Gasteiger partial charge in [-0.25, -0.2) is 4.98 Å². The number of benzene rings is 2. The first-order chi connectivity index (χ1) is 15.1. The molecule has 0 saturated carbocycles. The van der Waals surface area contributed by atoms with E-state index in [1.165, 1.54) is 35.9 Å². The number of halogens is 3. The summed E-state index contributed by atoms with van der Waals surface area (Å²) in [6.07, 6.45) is -3.37. The molecule has 2 heterocycles. The van der Waals surface area contributed by atoms with E-state index in [4.69, 9.17) is 0 Å². The number of rotatable bonds is 4. The van der Waals surface area contributed by atoms with Crippen molar-refractivity contribution in [2.75, 3.05) is 5.32 Å². The SMILES string of the molecule is Cc1ccc(-c2csc3ncn(CC(=O)Nc4ccccc4C(F)(F)F)c(=O)c23)c(C)c1. The number of amides is 1. The number of thiophene rings is 1. The molecule has 2 aromatic heterocycles. The molecule has 0 atom stereocenters. The normalized spacial score (nSPS) is 11.7. The Bertz CT molecular complexity index is 1390. The second-order valence-corrected chi connectivity index (χ2v) is 8.28. The number of alkyl halides is 3. The molecule has 4 rings (SSSR count). The van der Waals surface area contributed by atoms with Crippen molar-refractivity contribution in [2.45, 2.75) is 26.6 Å². The second-order valence-electron chi connectivity index (χ2n) is 7.42. The molecule has 164 valence electrons. The molecule has 0 unspecified atom stereocenters. The molecule has 9 heteroatoms. The molecule has 4 aromatic rings.